The predicted molar refractivity (Wildman–Crippen MR) is 80.6 cm³/mol. The quantitative estimate of drug-likeness (QED) is 0.868. The minimum absolute atomic E-state index is 0. The summed E-state index contributed by atoms with van der Waals surface area (Å²) in [5.74, 6) is -1.93. The van der Waals surface area contributed by atoms with Gasteiger partial charge < -0.3 is 10.4 Å². The molecular weight excluding hydrogens is 278 g/mol. The topological polar surface area (TPSA) is 83.5 Å². The smallest absolute Gasteiger partial charge is 0.336 e. The van der Waals surface area contributed by atoms with Gasteiger partial charge in [0.1, 0.15) is 0 Å². The van der Waals surface area contributed by atoms with Gasteiger partial charge >= 0.3 is 5.97 Å². The summed E-state index contributed by atoms with van der Waals surface area (Å²) in [5.41, 5.74) is -0.0204. The Bertz CT molecular complexity index is 514. The van der Waals surface area contributed by atoms with Crippen LogP contribution in [0.4, 0.5) is 0 Å². The maximum atomic E-state index is 12.1. The van der Waals surface area contributed by atoms with Gasteiger partial charge in [0, 0.05) is 0 Å². The van der Waals surface area contributed by atoms with Gasteiger partial charge in [0.25, 0.3) is 5.91 Å². The standard InChI is InChI=1S/C14H17NO4.H2S/c1-8(2)12(9(3)16)15-13(17)10-6-4-5-7-11(10)14(18)19;/h4-8,12H,1-3H3,(H,15,17)(H,18,19);1H2/t12-;/m0./s1. The number of Topliss-reactive ketones (excluding diaryl/α,β-unsaturated/α-hetero) is 1. The number of ketones is 1. The number of amides is 1. The Balaban J connectivity index is 0.00000361. The number of carbonyl (C=O) groups excluding carboxylic acids is 2. The molecule has 1 rings (SSSR count). The summed E-state index contributed by atoms with van der Waals surface area (Å²) in [5, 5.41) is 11.6. The van der Waals surface area contributed by atoms with Crippen LogP contribution in [0.3, 0.4) is 0 Å². The molecule has 0 aromatic heterocycles. The first-order valence-corrected chi connectivity index (χ1v) is 5.98. The fraction of sp³-hybridized carbons (Fsp3) is 0.357. The largest absolute Gasteiger partial charge is 0.478 e. The molecule has 0 radical (unpaired) electrons. The Labute approximate surface area is 124 Å². The van der Waals surface area contributed by atoms with E-state index in [1.807, 2.05) is 13.8 Å². The van der Waals surface area contributed by atoms with Crippen molar-refractivity contribution in [3.05, 3.63) is 35.4 Å². The van der Waals surface area contributed by atoms with Crippen LogP contribution in [-0.4, -0.2) is 28.8 Å². The summed E-state index contributed by atoms with van der Waals surface area (Å²) in [6.45, 7) is 5.03. The molecule has 1 aromatic rings. The number of aromatic carboxylic acids is 1. The molecule has 1 amide bonds. The average molecular weight is 297 g/mol. The van der Waals surface area contributed by atoms with Crippen LogP contribution in [0.2, 0.25) is 0 Å². The van der Waals surface area contributed by atoms with Crippen molar-refractivity contribution in [3.8, 4) is 0 Å². The molecule has 5 nitrogen and oxygen atoms in total. The number of hydrogen-bond donors (Lipinski definition) is 2. The highest BCUT2D eigenvalue weighted by molar-refractivity contribution is 7.59. The molecule has 0 unspecified atom stereocenters. The summed E-state index contributed by atoms with van der Waals surface area (Å²) in [6.07, 6.45) is 0. The molecule has 0 aliphatic rings. The van der Waals surface area contributed by atoms with E-state index in [1.54, 1.807) is 12.1 Å². The molecule has 0 bridgehead atoms. The molecule has 6 heteroatoms. The zero-order valence-electron chi connectivity index (χ0n) is 11.6. The first-order valence-electron chi connectivity index (χ1n) is 5.98. The fourth-order valence-electron chi connectivity index (χ4n) is 1.82. The van der Waals surface area contributed by atoms with E-state index < -0.39 is 17.9 Å². The van der Waals surface area contributed by atoms with Gasteiger partial charge in [-0.05, 0) is 25.0 Å². The van der Waals surface area contributed by atoms with Gasteiger partial charge in [-0.1, -0.05) is 26.0 Å². The second-order valence-electron chi connectivity index (χ2n) is 4.66. The summed E-state index contributed by atoms with van der Waals surface area (Å²) in [4.78, 5) is 34.5. The highest BCUT2D eigenvalue weighted by Gasteiger charge is 2.23. The number of nitrogens with one attached hydrogen (secondary N) is 1. The van der Waals surface area contributed by atoms with Gasteiger partial charge in [-0.25, -0.2) is 4.79 Å². The van der Waals surface area contributed by atoms with Crippen molar-refractivity contribution >= 4 is 31.2 Å². The number of rotatable bonds is 5. The van der Waals surface area contributed by atoms with Gasteiger partial charge in [0.05, 0.1) is 17.2 Å². The van der Waals surface area contributed by atoms with Crippen molar-refractivity contribution in [3.63, 3.8) is 0 Å². The Morgan fingerprint density at radius 3 is 2.00 bits per heavy atom. The van der Waals surface area contributed by atoms with Crippen LogP contribution in [0, 0.1) is 5.92 Å². The summed E-state index contributed by atoms with van der Waals surface area (Å²) in [6, 6.07) is 5.30. The van der Waals surface area contributed by atoms with Crippen LogP contribution in [-0.2, 0) is 4.79 Å². The third-order valence-electron chi connectivity index (χ3n) is 2.79. The molecule has 0 spiro atoms. The van der Waals surface area contributed by atoms with Gasteiger partial charge in [0.15, 0.2) is 5.78 Å². The van der Waals surface area contributed by atoms with E-state index in [0.717, 1.165) is 0 Å². The van der Waals surface area contributed by atoms with Crippen LogP contribution in [0.1, 0.15) is 41.5 Å². The third kappa shape index (κ3) is 4.38. The Hall–Kier alpha value is -1.82. The molecule has 0 aliphatic carbocycles. The van der Waals surface area contributed by atoms with Crippen molar-refractivity contribution in [2.75, 3.05) is 0 Å². The molecule has 1 aromatic carbocycles. The minimum Gasteiger partial charge on any atom is -0.478 e. The number of carboxylic acids is 1. The van der Waals surface area contributed by atoms with Crippen LogP contribution < -0.4 is 5.32 Å². The first kappa shape index (κ1) is 18.2. The second kappa shape index (κ2) is 7.69. The summed E-state index contributed by atoms with van der Waals surface area (Å²) in [7, 11) is 0. The highest BCUT2D eigenvalue weighted by Crippen LogP contribution is 2.11. The predicted octanol–water partition coefficient (Wildman–Crippen LogP) is 1.84. The van der Waals surface area contributed by atoms with Crippen LogP contribution >= 0.6 is 13.5 Å². The fourth-order valence-corrected chi connectivity index (χ4v) is 1.82. The molecule has 2 N–H and O–H groups in total. The molecule has 0 aliphatic heterocycles. The van der Waals surface area contributed by atoms with E-state index in [9.17, 15) is 14.4 Å². The monoisotopic (exact) mass is 297 g/mol. The normalized spacial score (nSPS) is 11.4. The Morgan fingerprint density at radius 1 is 1.10 bits per heavy atom. The molecule has 0 saturated heterocycles. The van der Waals surface area contributed by atoms with Gasteiger partial charge in [-0.15, -0.1) is 0 Å². The van der Waals surface area contributed by atoms with Crippen LogP contribution in [0.5, 0.6) is 0 Å². The SMILES string of the molecule is CC(=O)[C@@H](NC(=O)c1ccccc1C(=O)O)C(C)C.S. The van der Waals surface area contributed by atoms with E-state index in [-0.39, 0.29) is 36.3 Å². The molecule has 0 heterocycles. The lowest BCUT2D eigenvalue weighted by Gasteiger charge is -2.19. The Morgan fingerprint density at radius 2 is 1.60 bits per heavy atom. The molecule has 20 heavy (non-hydrogen) atoms. The lowest BCUT2D eigenvalue weighted by molar-refractivity contribution is -0.119. The van der Waals surface area contributed by atoms with E-state index >= 15 is 0 Å². The zero-order valence-corrected chi connectivity index (χ0v) is 12.6. The molecule has 0 fully saturated rings. The van der Waals surface area contributed by atoms with Crippen LogP contribution in [0.15, 0.2) is 24.3 Å². The lowest BCUT2D eigenvalue weighted by Crippen LogP contribution is -2.43. The maximum absolute atomic E-state index is 12.1. The van der Waals surface area contributed by atoms with Crippen molar-refractivity contribution in [2.24, 2.45) is 5.92 Å². The van der Waals surface area contributed by atoms with E-state index in [0.29, 0.717) is 0 Å². The number of hydrogen-bond acceptors (Lipinski definition) is 3. The zero-order chi connectivity index (χ0) is 14.6. The van der Waals surface area contributed by atoms with Crippen molar-refractivity contribution in [1.29, 1.82) is 0 Å². The molecule has 0 saturated carbocycles. The van der Waals surface area contributed by atoms with Gasteiger partial charge in [0.2, 0.25) is 0 Å². The van der Waals surface area contributed by atoms with Gasteiger partial charge in [-0.3, -0.25) is 9.59 Å². The minimum atomic E-state index is -1.17. The van der Waals surface area contributed by atoms with E-state index in [1.165, 1.54) is 19.1 Å². The second-order valence-corrected chi connectivity index (χ2v) is 4.66. The third-order valence-corrected chi connectivity index (χ3v) is 2.79. The van der Waals surface area contributed by atoms with Crippen molar-refractivity contribution < 1.29 is 19.5 Å². The number of benzene rings is 1. The highest BCUT2D eigenvalue weighted by atomic mass is 32.1. The summed E-state index contributed by atoms with van der Waals surface area (Å²) >= 11 is 0. The lowest BCUT2D eigenvalue weighted by atomic mass is 9.99. The number of carboxylic acid groups (broad SMARTS) is 1. The van der Waals surface area contributed by atoms with Crippen molar-refractivity contribution in [2.45, 2.75) is 26.8 Å². The van der Waals surface area contributed by atoms with E-state index in [2.05, 4.69) is 5.32 Å². The van der Waals surface area contributed by atoms with E-state index in [4.69, 9.17) is 5.11 Å². The maximum Gasteiger partial charge on any atom is 0.336 e. The van der Waals surface area contributed by atoms with Gasteiger partial charge in [-0.2, -0.15) is 13.5 Å². The van der Waals surface area contributed by atoms with Crippen LogP contribution in [0.25, 0.3) is 0 Å². The van der Waals surface area contributed by atoms with Crippen molar-refractivity contribution in [1.82, 2.24) is 5.32 Å². The first-order chi connectivity index (χ1) is 8.84. The molecule has 110 valence electrons. The Kier molecular flexibility index (Phi) is 6.99. The summed E-state index contributed by atoms with van der Waals surface area (Å²) < 4.78 is 0. The molecule has 1 atom stereocenters. The average Bonchev–Trinajstić information content (AvgIpc) is 2.34. The number of carbonyl (C=O) groups is 3. The molecular formula is C14H19NO4S.